The predicted molar refractivity (Wildman–Crippen MR) is 166 cm³/mol. The molecule has 0 spiro atoms. The Kier molecular flexibility index (Phi) is 5.17. The van der Waals surface area contributed by atoms with Gasteiger partial charge in [0.05, 0.1) is 0 Å². The number of thiophene rings is 1. The van der Waals surface area contributed by atoms with E-state index in [1.165, 1.54) is 64.0 Å². The van der Waals surface area contributed by atoms with Crippen molar-refractivity contribution in [2.45, 2.75) is 16.1 Å². The summed E-state index contributed by atoms with van der Waals surface area (Å²) >= 11 is 3.86. The maximum Gasteiger partial charge on any atom is 0.0381 e. The maximum atomic E-state index is 2.41. The van der Waals surface area contributed by atoms with Crippen LogP contribution in [0.15, 0.2) is 138 Å². The quantitative estimate of drug-likeness (QED) is 0.224. The molecule has 2 heterocycles. The van der Waals surface area contributed by atoms with Crippen molar-refractivity contribution in [2.24, 2.45) is 0 Å². The largest absolute Gasteiger partial charge is 0.135 e. The zero-order valence-corrected chi connectivity index (χ0v) is 22.3. The van der Waals surface area contributed by atoms with Gasteiger partial charge in [0.2, 0.25) is 0 Å². The van der Waals surface area contributed by atoms with Gasteiger partial charge in [0.15, 0.2) is 0 Å². The van der Waals surface area contributed by atoms with E-state index in [9.17, 15) is 0 Å². The van der Waals surface area contributed by atoms with E-state index in [0.717, 1.165) is 0 Å². The lowest BCUT2D eigenvalue weighted by Gasteiger charge is -2.15. The molecule has 0 fully saturated rings. The fraction of sp³-hybridized carbons (Fsp3) is 0.0556. The highest BCUT2D eigenvalue weighted by atomic mass is 32.2. The van der Waals surface area contributed by atoms with E-state index < -0.39 is 0 Å². The van der Waals surface area contributed by atoms with Crippen molar-refractivity contribution >= 4 is 43.3 Å². The minimum atomic E-state index is 0.484. The normalized spacial score (nSPS) is 17.7. The molecule has 1 aliphatic heterocycles. The van der Waals surface area contributed by atoms with E-state index >= 15 is 0 Å². The van der Waals surface area contributed by atoms with Crippen LogP contribution in [0.4, 0.5) is 0 Å². The highest BCUT2D eigenvalue weighted by Crippen LogP contribution is 2.49. The van der Waals surface area contributed by atoms with E-state index in [-0.39, 0.29) is 0 Å². The molecule has 38 heavy (non-hydrogen) atoms. The van der Waals surface area contributed by atoms with E-state index in [2.05, 4.69) is 133 Å². The van der Waals surface area contributed by atoms with Crippen LogP contribution < -0.4 is 0 Å². The Morgan fingerprint density at radius 3 is 1.89 bits per heavy atom. The average molecular weight is 521 g/mol. The summed E-state index contributed by atoms with van der Waals surface area (Å²) in [6, 6.07) is 40.6. The first-order valence-electron chi connectivity index (χ1n) is 13.1. The van der Waals surface area contributed by atoms with E-state index in [0.29, 0.717) is 11.2 Å². The predicted octanol–water partition coefficient (Wildman–Crippen LogP) is 10.7. The van der Waals surface area contributed by atoms with Crippen molar-refractivity contribution in [2.75, 3.05) is 0 Å². The number of fused-ring (bicyclic) bond motifs is 6. The first kappa shape index (κ1) is 22.2. The van der Waals surface area contributed by atoms with Crippen LogP contribution in [0.3, 0.4) is 0 Å². The van der Waals surface area contributed by atoms with Crippen LogP contribution in [0, 0.1) is 0 Å². The summed E-state index contributed by atoms with van der Waals surface area (Å²) < 4.78 is 2.69. The number of allylic oxidation sites excluding steroid dienone is 3. The van der Waals surface area contributed by atoms with Crippen LogP contribution in [0.5, 0.6) is 0 Å². The molecule has 2 aliphatic rings. The third-order valence-corrected chi connectivity index (χ3v) is 10.3. The third kappa shape index (κ3) is 3.67. The molecule has 180 valence electrons. The summed E-state index contributed by atoms with van der Waals surface area (Å²) in [7, 11) is 0. The first-order valence-corrected chi connectivity index (χ1v) is 14.8. The zero-order chi connectivity index (χ0) is 25.1. The van der Waals surface area contributed by atoms with Crippen molar-refractivity contribution in [3.8, 4) is 33.4 Å². The molecule has 8 rings (SSSR count). The molecule has 2 unspecified atom stereocenters. The average Bonchev–Trinajstić information content (AvgIpc) is 3.55. The summed E-state index contributed by atoms with van der Waals surface area (Å²) in [5.41, 5.74) is 9.03. The molecule has 0 saturated heterocycles. The van der Waals surface area contributed by atoms with Gasteiger partial charge >= 0.3 is 0 Å². The lowest BCUT2D eigenvalue weighted by Crippen LogP contribution is -2.06. The Hall–Kier alpha value is -3.85. The minimum Gasteiger partial charge on any atom is -0.135 e. The van der Waals surface area contributed by atoms with E-state index in [1.807, 2.05) is 23.1 Å². The van der Waals surface area contributed by atoms with Crippen LogP contribution >= 0.6 is 23.1 Å². The molecule has 6 aromatic rings. The second-order valence-corrected chi connectivity index (χ2v) is 12.4. The van der Waals surface area contributed by atoms with E-state index in [4.69, 9.17) is 0 Å². The molecule has 1 aromatic heterocycles. The lowest BCUT2D eigenvalue weighted by atomic mass is 9.90. The van der Waals surface area contributed by atoms with Gasteiger partial charge < -0.3 is 0 Å². The summed E-state index contributed by atoms with van der Waals surface area (Å²) in [5.74, 6) is 0.484. The van der Waals surface area contributed by atoms with E-state index in [1.54, 1.807) is 0 Å². The first-order chi connectivity index (χ1) is 18.8. The molecule has 5 aromatic carbocycles. The van der Waals surface area contributed by atoms with Gasteiger partial charge in [-0.25, -0.2) is 0 Å². The molecule has 0 amide bonds. The number of rotatable bonds is 3. The lowest BCUT2D eigenvalue weighted by molar-refractivity contribution is 0.881. The standard InChI is InChI=1S/C36H24S2/c1-3-13-33-29(11-1)31-21-27(15-17-35(31)37-33)25-9-5-7-23(19-25)24-8-6-10-26(20-24)28-16-18-36-32(22-28)30-12-2-4-14-34(30)38-36/h1-22,29,33H. The van der Waals surface area contributed by atoms with Gasteiger partial charge in [-0.05, 0) is 81.4 Å². The molecule has 0 saturated carbocycles. The molecule has 0 nitrogen and oxygen atoms in total. The Morgan fingerprint density at radius 2 is 1.11 bits per heavy atom. The number of hydrogen-bond donors (Lipinski definition) is 0. The molecule has 1 aliphatic carbocycles. The van der Waals surface area contributed by atoms with Gasteiger partial charge in [-0.15, -0.1) is 23.1 Å². The van der Waals surface area contributed by atoms with Crippen LogP contribution in [0.25, 0.3) is 53.6 Å². The maximum absolute atomic E-state index is 2.41. The SMILES string of the molecule is C1=CC2Sc3ccc(-c4cccc(-c5cccc(-c6ccc7sc8ccccc8c7c6)c5)c4)cc3C2C=C1. The Balaban J connectivity index is 1.16. The number of hydrogen-bond acceptors (Lipinski definition) is 2. The van der Waals surface area contributed by atoms with Crippen molar-refractivity contribution in [1.29, 1.82) is 0 Å². The summed E-state index contributed by atoms with van der Waals surface area (Å²) in [6.07, 6.45) is 9.06. The highest BCUT2D eigenvalue weighted by molar-refractivity contribution is 8.00. The third-order valence-electron chi connectivity index (χ3n) is 7.82. The van der Waals surface area contributed by atoms with Gasteiger partial charge in [0.25, 0.3) is 0 Å². The fourth-order valence-electron chi connectivity index (χ4n) is 5.88. The fourth-order valence-corrected chi connectivity index (χ4v) is 8.30. The zero-order valence-electron chi connectivity index (χ0n) is 20.7. The monoisotopic (exact) mass is 520 g/mol. The summed E-state index contributed by atoms with van der Waals surface area (Å²) in [4.78, 5) is 1.42. The van der Waals surface area contributed by atoms with Gasteiger partial charge in [-0.3, -0.25) is 0 Å². The van der Waals surface area contributed by atoms with Gasteiger partial charge in [-0.1, -0.05) is 91.0 Å². The van der Waals surface area contributed by atoms with Crippen LogP contribution in [0.2, 0.25) is 0 Å². The summed E-state index contributed by atoms with van der Waals surface area (Å²) in [6.45, 7) is 0. The van der Waals surface area contributed by atoms with Gasteiger partial charge in [-0.2, -0.15) is 0 Å². The van der Waals surface area contributed by atoms with Crippen molar-refractivity contribution in [1.82, 2.24) is 0 Å². The molecule has 0 radical (unpaired) electrons. The molecular formula is C36H24S2. The van der Waals surface area contributed by atoms with Crippen LogP contribution in [-0.4, -0.2) is 5.25 Å². The van der Waals surface area contributed by atoms with Crippen molar-refractivity contribution < 1.29 is 0 Å². The second-order valence-electron chi connectivity index (χ2n) is 10.1. The number of thioether (sulfide) groups is 1. The summed E-state index contributed by atoms with van der Waals surface area (Å²) in [5, 5.41) is 3.22. The van der Waals surface area contributed by atoms with Crippen LogP contribution in [0.1, 0.15) is 11.5 Å². The Labute approximate surface area is 231 Å². The Bertz CT molecular complexity index is 1920. The topological polar surface area (TPSA) is 0 Å². The molecule has 2 atom stereocenters. The molecular weight excluding hydrogens is 497 g/mol. The molecule has 0 bridgehead atoms. The van der Waals surface area contributed by atoms with Crippen LogP contribution in [-0.2, 0) is 0 Å². The highest BCUT2D eigenvalue weighted by Gasteiger charge is 2.31. The van der Waals surface area contributed by atoms with Gasteiger partial charge in [0, 0.05) is 36.2 Å². The second kappa shape index (κ2) is 8.87. The molecule has 2 heteroatoms. The number of benzene rings is 5. The van der Waals surface area contributed by atoms with Crippen molar-refractivity contribution in [3.63, 3.8) is 0 Å². The van der Waals surface area contributed by atoms with Gasteiger partial charge in [0.1, 0.15) is 0 Å². The molecule has 0 N–H and O–H groups in total. The Morgan fingerprint density at radius 1 is 0.474 bits per heavy atom. The smallest absolute Gasteiger partial charge is 0.0381 e. The minimum absolute atomic E-state index is 0.484. The van der Waals surface area contributed by atoms with Crippen molar-refractivity contribution in [3.05, 3.63) is 139 Å².